The van der Waals surface area contributed by atoms with Crippen molar-refractivity contribution in [1.29, 1.82) is 0 Å². The Balaban J connectivity index is 2.12. The zero-order chi connectivity index (χ0) is 13.1. The maximum absolute atomic E-state index is 11.0. The van der Waals surface area contributed by atoms with Crippen molar-refractivity contribution < 1.29 is 14.6 Å². The second-order valence-corrected chi connectivity index (χ2v) is 4.66. The molecule has 2 heterocycles. The predicted octanol–water partition coefficient (Wildman–Crippen LogP) is 1.78. The molecule has 0 saturated carbocycles. The van der Waals surface area contributed by atoms with Crippen molar-refractivity contribution in [3.8, 4) is 5.88 Å². The van der Waals surface area contributed by atoms with Crippen LogP contribution < -0.4 is 9.64 Å². The number of nitrogens with zero attached hydrogens (tertiary/aromatic N) is 2. The van der Waals surface area contributed by atoms with E-state index in [0.717, 1.165) is 12.2 Å². The maximum Gasteiger partial charge on any atom is 0.306 e. The highest BCUT2D eigenvalue weighted by atomic mass is 16.5. The van der Waals surface area contributed by atoms with Crippen molar-refractivity contribution in [2.24, 2.45) is 5.92 Å². The van der Waals surface area contributed by atoms with Gasteiger partial charge in [-0.15, -0.1) is 0 Å². The number of carboxylic acids is 1. The fourth-order valence-corrected chi connectivity index (χ4v) is 2.47. The zero-order valence-corrected chi connectivity index (χ0v) is 10.7. The number of aromatic nitrogens is 1. The van der Waals surface area contributed by atoms with Crippen LogP contribution >= 0.6 is 0 Å². The summed E-state index contributed by atoms with van der Waals surface area (Å²) < 4.78 is 5.11. The van der Waals surface area contributed by atoms with Gasteiger partial charge in [-0.05, 0) is 25.8 Å². The number of ether oxygens (including phenoxy) is 1. The number of methoxy groups -OCH3 is 1. The third-order valence-corrected chi connectivity index (χ3v) is 3.48. The van der Waals surface area contributed by atoms with E-state index in [4.69, 9.17) is 9.84 Å². The Hall–Kier alpha value is -1.78. The Morgan fingerprint density at radius 3 is 3.00 bits per heavy atom. The third-order valence-electron chi connectivity index (χ3n) is 3.48. The van der Waals surface area contributed by atoms with E-state index in [1.54, 1.807) is 13.3 Å². The van der Waals surface area contributed by atoms with Gasteiger partial charge in [-0.25, -0.2) is 4.98 Å². The molecule has 1 aromatic rings. The lowest BCUT2D eigenvalue weighted by atomic mass is 9.91. The summed E-state index contributed by atoms with van der Waals surface area (Å²) in [6, 6.07) is 4.03. The van der Waals surface area contributed by atoms with Crippen molar-refractivity contribution in [3.05, 3.63) is 18.3 Å². The lowest BCUT2D eigenvalue weighted by Crippen LogP contribution is -2.42. The molecule has 0 aliphatic carbocycles. The molecule has 0 aromatic carbocycles. The fourth-order valence-electron chi connectivity index (χ4n) is 2.47. The number of carbonyl (C=O) groups is 1. The molecule has 5 heteroatoms. The first-order valence-electron chi connectivity index (χ1n) is 6.11. The van der Waals surface area contributed by atoms with Crippen LogP contribution in [0.25, 0.3) is 0 Å². The highest BCUT2D eigenvalue weighted by molar-refractivity contribution is 5.70. The smallest absolute Gasteiger partial charge is 0.306 e. The largest absolute Gasteiger partial charge is 0.481 e. The number of piperidine rings is 1. The summed E-state index contributed by atoms with van der Waals surface area (Å²) in [5.41, 5.74) is 1.04. The predicted molar refractivity (Wildman–Crippen MR) is 68.0 cm³/mol. The molecular formula is C13H18N2O3. The minimum absolute atomic E-state index is 0.215. The van der Waals surface area contributed by atoms with Crippen LogP contribution in [0.2, 0.25) is 0 Å². The summed E-state index contributed by atoms with van der Waals surface area (Å²) in [4.78, 5) is 17.3. The second kappa shape index (κ2) is 5.25. The number of hydrogen-bond donors (Lipinski definition) is 1. The lowest BCUT2D eigenvalue weighted by molar-refractivity contribution is -0.142. The first kappa shape index (κ1) is 12.7. The van der Waals surface area contributed by atoms with Gasteiger partial charge in [-0.2, -0.15) is 0 Å². The molecule has 1 aliphatic rings. The van der Waals surface area contributed by atoms with E-state index in [2.05, 4.69) is 16.8 Å². The summed E-state index contributed by atoms with van der Waals surface area (Å²) in [5, 5.41) is 9.05. The molecule has 2 rings (SSSR count). The number of rotatable bonds is 3. The van der Waals surface area contributed by atoms with Gasteiger partial charge in [0.15, 0.2) is 0 Å². The molecule has 0 spiro atoms. The molecular weight excluding hydrogens is 232 g/mol. The van der Waals surface area contributed by atoms with Crippen molar-refractivity contribution in [2.45, 2.75) is 25.8 Å². The molecule has 0 bridgehead atoms. The minimum atomic E-state index is -0.686. The molecule has 2 atom stereocenters. The van der Waals surface area contributed by atoms with Crippen LogP contribution in [0.1, 0.15) is 19.8 Å². The Morgan fingerprint density at radius 1 is 1.61 bits per heavy atom. The van der Waals surface area contributed by atoms with E-state index in [0.29, 0.717) is 18.7 Å². The van der Waals surface area contributed by atoms with Crippen molar-refractivity contribution in [3.63, 3.8) is 0 Å². The van der Waals surface area contributed by atoms with Gasteiger partial charge in [0.2, 0.25) is 5.88 Å². The average Bonchev–Trinajstić information content (AvgIpc) is 2.38. The summed E-state index contributed by atoms with van der Waals surface area (Å²) in [6.07, 6.45) is 3.08. The Bertz CT molecular complexity index is 436. The monoisotopic (exact) mass is 250 g/mol. The maximum atomic E-state index is 11.0. The normalized spacial score (nSPS) is 23.8. The van der Waals surface area contributed by atoms with Crippen LogP contribution in [-0.4, -0.2) is 35.8 Å². The average molecular weight is 250 g/mol. The first-order chi connectivity index (χ1) is 8.61. The number of hydrogen-bond acceptors (Lipinski definition) is 4. The highest BCUT2D eigenvalue weighted by Crippen LogP contribution is 2.29. The molecule has 0 radical (unpaired) electrons. The number of pyridine rings is 1. The standard InChI is InChI=1S/C13H18N2O3/c1-9-7-10(13(16)17)4-6-15(9)11-3-5-14-12(8-11)18-2/h3,5,8-10H,4,6-7H2,1-2H3,(H,16,17). The quantitative estimate of drug-likeness (QED) is 0.886. The molecule has 2 unspecified atom stereocenters. The second-order valence-electron chi connectivity index (χ2n) is 4.66. The van der Waals surface area contributed by atoms with E-state index in [1.807, 2.05) is 12.1 Å². The van der Waals surface area contributed by atoms with Gasteiger partial charge in [0.25, 0.3) is 0 Å². The van der Waals surface area contributed by atoms with E-state index >= 15 is 0 Å². The van der Waals surface area contributed by atoms with Crippen LogP contribution in [0.3, 0.4) is 0 Å². The van der Waals surface area contributed by atoms with Gasteiger partial charge < -0.3 is 14.7 Å². The Kier molecular flexibility index (Phi) is 3.69. The number of carboxylic acid groups (broad SMARTS) is 1. The third kappa shape index (κ3) is 2.55. The van der Waals surface area contributed by atoms with Crippen molar-refractivity contribution in [1.82, 2.24) is 4.98 Å². The van der Waals surface area contributed by atoms with Gasteiger partial charge in [-0.3, -0.25) is 4.79 Å². The lowest BCUT2D eigenvalue weighted by Gasteiger charge is -2.38. The van der Waals surface area contributed by atoms with E-state index in [1.165, 1.54) is 0 Å². The van der Waals surface area contributed by atoms with Crippen molar-refractivity contribution >= 4 is 11.7 Å². The zero-order valence-electron chi connectivity index (χ0n) is 10.7. The Labute approximate surface area is 106 Å². The summed E-state index contributed by atoms with van der Waals surface area (Å²) in [5.74, 6) is -0.325. The molecule has 18 heavy (non-hydrogen) atoms. The topological polar surface area (TPSA) is 62.7 Å². The first-order valence-corrected chi connectivity index (χ1v) is 6.11. The fraction of sp³-hybridized carbons (Fsp3) is 0.538. The van der Waals surface area contributed by atoms with Crippen LogP contribution in [-0.2, 0) is 4.79 Å². The SMILES string of the molecule is COc1cc(N2CCC(C(=O)O)CC2C)ccn1. The van der Waals surface area contributed by atoms with Gasteiger partial charge >= 0.3 is 5.97 Å². The summed E-state index contributed by atoms with van der Waals surface area (Å²) in [6.45, 7) is 2.81. The molecule has 1 aromatic heterocycles. The summed E-state index contributed by atoms with van der Waals surface area (Å²) >= 11 is 0. The van der Waals surface area contributed by atoms with E-state index in [-0.39, 0.29) is 12.0 Å². The van der Waals surface area contributed by atoms with Crippen LogP contribution in [0.4, 0.5) is 5.69 Å². The van der Waals surface area contributed by atoms with Gasteiger partial charge in [0.05, 0.1) is 13.0 Å². The van der Waals surface area contributed by atoms with E-state index in [9.17, 15) is 4.79 Å². The van der Waals surface area contributed by atoms with Crippen LogP contribution in [0, 0.1) is 5.92 Å². The van der Waals surface area contributed by atoms with Gasteiger partial charge in [0.1, 0.15) is 0 Å². The van der Waals surface area contributed by atoms with Gasteiger partial charge in [-0.1, -0.05) is 0 Å². The van der Waals surface area contributed by atoms with Crippen LogP contribution in [0.5, 0.6) is 5.88 Å². The van der Waals surface area contributed by atoms with Crippen molar-refractivity contribution in [2.75, 3.05) is 18.6 Å². The van der Waals surface area contributed by atoms with Crippen LogP contribution in [0.15, 0.2) is 18.3 Å². The molecule has 1 N–H and O–H groups in total. The molecule has 98 valence electrons. The summed E-state index contributed by atoms with van der Waals surface area (Å²) in [7, 11) is 1.59. The molecule has 1 aliphatic heterocycles. The molecule has 1 saturated heterocycles. The molecule has 0 amide bonds. The minimum Gasteiger partial charge on any atom is -0.481 e. The van der Waals surface area contributed by atoms with Gasteiger partial charge in [0, 0.05) is 30.5 Å². The number of anilines is 1. The van der Waals surface area contributed by atoms with E-state index < -0.39 is 5.97 Å². The molecule has 1 fully saturated rings. The number of aliphatic carboxylic acids is 1. The Morgan fingerprint density at radius 2 is 2.39 bits per heavy atom. The molecule has 5 nitrogen and oxygen atoms in total. The highest BCUT2D eigenvalue weighted by Gasteiger charge is 2.29.